The summed E-state index contributed by atoms with van der Waals surface area (Å²) in [6.07, 6.45) is 2.43. The molecule has 4 rings (SSSR count). The summed E-state index contributed by atoms with van der Waals surface area (Å²) >= 11 is 5.94. The zero-order valence-electron chi connectivity index (χ0n) is 19.3. The number of hydrogen-bond acceptors (Lipinski definition) is 6. The first-order chi connectivity index (χ1) is 17.8. The van der Waals surface area contributed by atoms with Crippen LogP contribution in [-0.2, 0) is 14.6 Å². The number of aromatic hydroxyl groups is 1. The smallest absolute Gasteiger partial charge is 0.493 e. The highest BCUT2D eigenvalue weighted by atomic mass is 35.5. The molecule has 198 valence electrons. The zero-order valence-corrected chi connectivity index (χ0v) is 20.9. The van der Waals surface area contributed by atoms with Crippen molar-refractivity contribution >= 4 is 27.3 Å². The molecule has 0 saturated carbocycles. The molecule has 0 bridgehead atoms. The van der Waals surface area contributed by atoms with E-state index in [9.17, 15) is 36.3 Å². The molecule has 0 fully saturated rings. The van der Waals surface area contributed by atoms with Gasteiger partial charge in [-0.1, -0.05) is 23.7 Å². The van der Waals surface area contributed by atoms with Gasteiger partial charge in [-0.3, -0.25) is 14.3 Å². The molecular weight excluding hydrogens is 549 g/mol. The molecule has 0 aliphatic carbocycles. The Hall–Kier alpha value is -4.10. The average Bonchev–Trinajstić information content (AvgIpc) is 3.17. The van der Waals surface area contributed by atoms with Gasteiger partial charge in [0.2, 0.25) is 11.8 Å². The molecule has 0 aliphatic rings. The number of imidazole rings is 1. The molecule has 14 heteroatoms. The molecule has 2 aromatic heterocycles. The van der Waals surface area contributed by atoms with Crippen LogP contribution in [0.25, 0.3) is 16.9 Å². The standard InChI is InChI=1S/C24H18ClF3N4O5S/c1-29-22(34)21(15-10-11-30-19(12-15)14-2-4-16(25)5-3-14)31-13-20(33)32(23(31)35)17-6-8-18(9-7-17)38(36,37)24(26,27)28/h2-13,21,33H,1H3,(H,29,34). The van der Waals surface area contributed by atoms with Crippen LogP contribution < -0.4 is 11.0 Å². The van der Waals surface area contributed by atoms with E-state index in [-0.39, 0.29) is 5.69 Å². The van der Waals surface area contributed by atoms with Crippen LogP contribution in [0, 0.1) is 0 Å². The lowest BCUT2D eigenvalue weighted by Gasteiger charge is -2.17. The summed E-state index contributed by atoms with van der Waals surface area (Å²) in [5.41, 5.74) is -5.03. The minimum absolute atomic E-state index is 0.125. The van der Waals surface area contributed by atoms with Crippen molar-refractivity contribution in [2.45, 2.75) is 16.4 Å². The first-order valence-electron chi connectivity index (χ1n) is 10.7. The molecule has 0 saturated heterocycles. The number of hydrogen-bond donors (Lipinski definition) is 2. The normalized spacial score (nSPS) is 12.8. The van der Waals surface area contributed by atoms with Crippen LogP contribution in [0.5, 0.6) is 5.88 Å². The SMILES string of the molecule is CNC(=O)C(c1ccnc(-c2ccc(Cl)cc2)c1)n1cc(O)n(-c2ccc(S(=O)(=O)C(F)(F)F)cc2)c1=O. The lowest BCUT2D eigenvalue weighted by atomic mass is 10.0. The maximum absolute atomic E-state index is 13.3. The van der Waals surface area contributed by atoms with Gasteiger partial charge in [0.15, 0.2) is 0 Å². The molecule has 0 radical (unpaired) electrons. The number of halogens is 4. The molecule has 38 heavy (non-hydrogen) atoms. The molecule has 2 heterocycles. The zero-order chi connectivity index (χ0) is 27.8. The summed E-state index contributed by atoms with van der Waals surface area (Å²) in [6.45, 7) is 0. The Labute approximate surface area is 218 Å². The number of nitrogens with zero attached hydrogens (tertiary/aromatic N) is 3. The fraction of sp³-hybridized carbons (Fsp3) is 0.125. The van der Waals surface area contributed by atoms with Crippen LogP contribution in [0.3, 0.4) is 0 Å². The molecular formula is C24H18ClF3N4O5S. The van der Waals surface area contributed by atoms with Gasteiger partial charge in [0.05, 0.1) is 22.5 Å². The number of benzene rings is 2. The summed E-state index contributed by atoms with van der Waals surface area (Å²) in [7, 11) is -4.25. The summed E-state index contributed by atoms with van der Waals surface area (Å²) in [5, 5.41) is 13.5. The number of carbonyl (C=O) groups is 1. The monoisotopic (exact) mass is 566 g/mol. The predicted octanol–water partition coefficient (Wildman–Crippen LogP) is 3.69. The molecule has 1 amide bonds. The quantitative estimate of drug-likeness (QED) is 0.367. The van der Waals surface area contributed by atoms with Crippen molar-refractivity contribution in [3.05, 3.63) is 94.1 Å². The molecule has 4 aromatic rings. The van der Waals surface area contributed by atoms with Crippen molar-refractivity contribution in [1.29, 1.82) is 0 Å². The van der Waals surface area contributed by atoms with Gasteiger partial charge in [-0.15, -0.1) is 0 Å². The number of amides is 1. The Morgan fingerprint density at radius 3 is 2.29 bits per heavy atom. The van der Waals surface area contributed by atoms with Gasteiger partial charge >= 0.3 is 11.2 Å². The Kier molecular flexibility index (Phi) is 7.08. The number of rotatable bonds is 6. The van der Waals surface area contributed by atoms with Gasteiger partial charge in [-0.2, -0.15) is 13.2 Å². The molecule has 2 N–H and O–H groups in total. The Morgan fingerprint density at radius 1 is 1.08 bits per heavy atom. The number of alkyl halides is 3. The second-order valence-electron chi connectivity index (χ2n) is 7.95. The van der Waals surface area contributed by atoms with Crippen molar-refractivity contribution in [1.82, 2.24) is 19.4 Å². The summed E-state index contributed by atoms with van der Waals surface area (Å²) in [6, 6.07) is 11.8. The van der Waals surface area contributed by atoms with Crippen LogP contribution in [0.2, 0.25) is 5.02 Å². The summed E-state index contributed by atoms with van der Waals surface area (Å²) in [4.78, 5) is 29.5. The molecule has 1 atom stereocenters. The Morgan fingerprint density at radius 2 is 1.71 bits per heavy atom. The van der Waals surface area contributed by atoms with Crippen molar-refractivity contribution in [3.8, 4) is 22.8 Å². The molecule has 9 nitrogen and oxygen atoms in total. The van der Waals surface area contributed by atoms with Crippen LogP contribution in [0.4, 0.5) is 13.2 Å². The summed E-state index contributed by atoms with van der Waals surface area (Å²) in [5.74, 6) is -1.24. The van der Waals surface area contributed by atoms with Crippen molar-refractivity contribution in [3.63, 3.8) is 0 Å². The lowest BCUT2D eigenvalue weighted by Crippen LogP contribution is -2.36. The highest BCUT2D eigenvalue weighted by Crippen LogP contribution is 2.31. The minimum Gasteiger partial charge on any atom is -0.493 e. The van der Waals surface area contributed by atoms with Gasteiger partial charge in [-0.05, 0) is 54.1 Å². The third-order valence-electron chi connectivity index (χ3n) is 5.62. The van der Waals surface area contributed by atoms with Gasteiger partial charge < -0.3 is 10.4 Å². The van der Waals surface area contributed by atoms with Gasteiger partial charge in [-0.25, -0.2) is 17.8 Å². The minimum atomic E-state index is -5.61. The summed E-state index contributed by atoms with van der Waals surface area (Å²) < 4.78 is 63.5. The molecule has 0 aliphatic heterocycles. The van der Waals surface area contributed by atoms with E-state index in [1.165, 1.54) is 19.3 Å². The van der Waals surface area contributed by atoms with Gasteiger partial charge in [0.1, 0.15) is 6.04 Å². The van der Waals surface area contributed by atoms with Crippen LogP contribution in [0.1, 0.15) is 11.6 Å². The molecule has 2 aromatic carbocycles. The molecule has 0 spiro atoms. The number of sulfone groups is 1. The fourth-order valence-electron chi connectivity index (χ4n) is 3.76. The first-order valence-corrected chi connectivity index (χ1v) is 12.6. The topological polar surface area (TPSA) is 123 Å². The predicted molar refractivity (Wildman–Crippen MR) is 132 cm³/mol. The van der Waals surface area contributed by atoms with E-state index in [1.54, 1.807) is 30.3 Å². The van der Waals surface area contributed by atoms with E-state index in [4.69, 9.17) is 11.6 Å². The number of likely N-dealkylation sites (N-methyl/N-ethyl adjacent to an activating group) is 1. The van der Waals surface area contributed by atoms with Gasteiger partial charge in [0, 0.05) is 23.8 Å². The first kappa shape index (κ1) is 26.9. The number of carbonyl (C=O) groups excluding carboxylic acids is 1. The van der Waals surface area contributed by atoms with E-state index in [2.05, 4.69) is 10.3 Å². The number of pyridine rings is 1. The van der Waals surface area contributed by atoms with Crippen molar-refractivity contribution in [2.75, 3.05) is 7.05 Å². The Balaban J connectivity index is 1.79. The highest BCUT2D eigenvalue weighted by molar-refractivity contribution is 7.92. The third kappa shape index (κ3) is 4.89. The maximum Gasteiger partial charge on any atom is 0.501 e. The van der Waals surface area contributed by atoms with E-state index in [0.29, 0.717) is 34.0 Å². The van der Waals surface area contributed by atoms with E-state index < -0.39 is 43.8 Å². The van der Waals surface area contributed by atoms with Gasteiger partial charge in [0.25, 0.3) is 9.84 Å². The second-order valence-corrected chi connectivity index (χ2v) is 10.3. The third-order valence-corrected chi connectivity index (χ3v) is 7.37. The van der Waals surface area contributed by atoms with E-state index in [0.717, 1.165) is 27.5 Å². The maximum atomic E-state index is 13.3. The second kappa shape index (κ2) is 9.99. The number of nitrogens with one attached hydrogen (secondary N) is 1. The number of aromatic nitrogens is 3. The lowest BCUT2D eigenvalue weighted by molar-refractivity contribution is -0.122. The van der Waals surface area contributed by atoms with E-state index in [1.807, 2.05) is 0 Å². The average molecular weight is 567 g/mol. The van der Waals surface area contributed by atoms with Crippen LogP contribution >= 0.6 is 11.6 Å². The highest BCUT2D eigenvalue weighted by Gasteiger charge is 2.46. The Bertz CT molecular complexity index is 1670. The van der Waals surface area contributed by atoms with Crippen LogP contribution in [-0.4, -0.2) is 46.1 Å². The fourth-order valence-corrected chi connectivity index (χ4v) is 4.64. The van der Waals surface area contributed by atoms with Crippen molar-refractivity contribution < 1.29 is 31.5 Å². The van der Waals surface area contributed by atoms with Crippen LogP contribution in [0.15, 0.2) is 82.7 Å². The largest absolute Gasteiger partial charge is 0.501 e. The van der Waals surface area contributed by atoms with E-state index >= 15 is 0 Å². The molecule has 1 unspecified atom stereocenters. The van der Waals surface area contributed by atoms with Crippen molar-refractivity contribution in [2.24, 2.45) is 0 Å².